The Balaban J connectivity index is 2.69. The average Bonchev–Trinajstić information content (AvgIpc) is 2.31. The van der Waals surface area contributed by atoms with Crippen molar-refractivity contribution in [3.05, 3.63) is 44.8 Å². The van der Waals surface area contributed by atoms with Gasteiger partial charge in [-0.25, -0.2) is 4.39 Å². The van der Waals surface area contributed by atoms with Crippen LogP contribution in [-0.4, -0.2) is 10.2 Å². The van der Waals surface area contributed by atoms with Gasteiger partial charge in [0.05, 0.1) is 10.2 Å². The van der Waals surface area contributed by atoms with E-state index in [0.29, 0.717) is 20.9 Å². The van der Waals surface area contributed by atoms with Crippen LogP contribution >= 0.6 is 27.5 Å². The van der Waals surface area contributed by atoms with Gasteiger partial charge in [0.1, 0.15) is 5.82 Å². The van der Waals surface area contributed by atoms with Gasteiger partial charge in [0.25, 0.3) is 0 Å². The summed E-state index contributed by atoms with van der Waals surface area (Å²) in [5.41, 5.74) is 2.59. The lowest BCUT2D eigenvalue weighted by Crippen LogP contribution is -1.98. The third-order valence-corrected chi connectivity index (χ3v) is 3.64. The van der Waals surface area contributed by atoms with Gasteiger partial charge >= 0.3 is 0 Å². The van der Waals surface area contributed by atoms with E-state index in [0.717, 1.165) is 11.1 Å². The van der Waals surface area contributed by atoms with Crippen LogP contribution in [0.5, 0.6) is 0 Å². The standard InChI is InChI=1S/C12H9BrClFN2/c1-6-7(2)12(14)17-16-11(6)8-4-3-5-9(13)10(8)15/h3-5H,1-2H3. The summed E-state index contributed by atoms with van der Waals surface area (Å²) in [5.74, 6) is -0.341. The summed E-state index contributed by atoms with van der Waals surface area (Å²) >= 11 is 9.02. The maximum Gasteiger partial charge on any atom is 0.154 e. The molecule has 0 spiro atoms. The first-order valence-electron chi connectivity index (χ1n) is 4.96. The molecule has 1 aromatic carbocycles. The Bertz CT molecular complexity index is 587. The molecule has 0 saturated heterocycles. The van der Waals surface area contributed by atoms with Crippen molar-refractivity contribution in [1.82, 2.24) is 10.2 Å². The van der Waals surface area contributed by atoms with Gasteiger partial charge in [0.2, 0.25) is 0 Å². The van der Waals surface area contributed by atoms with Gasteiger partial charge in [0.15, 0.2) is 5.15 Å². The van der Waals surface area contributed by atoms with E-state index in [4.69, 9.17) is 11.6 Å². The molecule has 0 aliphatic rings. The minimum Gasteiger partial charge on any atom is -0.205 e. The third-order valence-electron chi connectivity index (χ3n) is 2.67. The summed E-state index contributed by atoms with van der Waals surface area (Å²) < 4.78 is 14.4. The summed E-state index contributed by atoms with van der Waals surface area (Å²) in [4.78, 5) is 0. The predicted octanol–water partition coefficient (Wildman–Crippen LogP) is 4.32. The minimum absolute atomic E-state index is 0.341. The number of hydrogen-bond donors (Lipinski definition) is 0. The maximum absolute atomic E-state index is 14.0. The summed E-state index contributed by atoms with van der Waals surface area (Å²) in [7, 11) is 0. The number of halogens is 3. The molecular weight excluding hydrogens is 307 g/mol. The highest BCUT2D eigenvalue weighted by atomic mass is 79.9. The van der Waals surface area contributed by atoms with E-state index in [2.05, 4.69) is 26.1 Å². The van der Waals surface area contributed by atoms with Crippen LogP contribution in [0.4, 0.5) is 4.39 Å². The summed E-state index contributed by atoms with van der Waals surface area (Å²) in [6.45, 7) is 3.69. The van der Waals surface area contributed by atoms with E-state index in [1.807, 2.05) is 13.8 Å². The van der Waals surface area contributed by atoms with Gasteiger partial charge in [-0.15, -0.1) is 10.2 Å². The van der Waals surface area contributed by atoms with Crippen LogP contribution in [0.2, 0.25) is 5.15 Å². The summed E-state index contributed by atoms with van der Waals surface area (Å²) in [6.07, 6.45) is 0. The van der Waals surface area contributed by atoms with Crippen LogP contribution in [0.3, 0.4) is 0 Å². The smallest absolute Gasteiger partial charge is 0.154 e. The van der Waals surface area contributed by atoms with Crippen LogP contribution in [0, 0.1) is 19.7 Å². The Morgan fingerprint density at radius 2 is 1.88 bits per heavy atom. The van der Waals surface area contributed by atoms with Gasteiger partial charge in [-0.3, -0.25) is 0 Å². The Morgan fingerprint density at radius 3 is 2.59 bits per heavy atom. The van der Waals surface area contributed by atoms with Crippen molar-refractivity contribution in [1.29, 1.82) is 0 Å². The first-order chi connectivity index (χ1) is 8.02. The highest BCUT2D eigenvalue weighted by Gasteiger charge is 2.15. The molecule has 0 saturated carbocycles. The Kier molecular flexibility index (Phi) is 3.45. The zero-order valence-electron chi connectivity index (χ0n) is 9.26. The maximum atomic E-state index is 14.0. The van der Waals surface area contributed by atoms with Crippen molar-refractivity contribution in [2.45, 2.75) is 13.8 Å². The van der Waals surface area contributed by atoms with E-state index < -0.39 is 0 Å². The van der Waals surface area contributed by atoms with Crippen LogP contribution in [-0.2, 0) is 0 Å². The van der Waals surface area contributed by atoms with E-state index in [1.54, 1.807) is 18.2 Å². The van der Waals surface area contributed by atoms with E-state index >= 15 is 0 Å². The normalized spacial score (nSPS) is 10.6. The molecule has 88 valence electrons. The Morgan fingerprint density at radius 1 is 1.18 bits per heavy atom. The monoisotopic (exact) mass is 314 g/mol. The van der Waals surface area contributed by atoms with Gasteiger partial charge < -0.3 is 0 Å². The van der Waals surface area contributed by atoms with Crippen LogP contribution in [0.1, 0.15) is 11.1 Å². The van der Waals surface area contributed by atoms with Gasteiger partial charge in [-0.1, -0.05) is 17.7 Å². The fourth-order valence-corrected chi connectivity index (χ4v) is 2.06. The number of hydrogen-bond acceptors (Lipinski definition) is 2. The molecule has 0 amide bonds. The first kappa shape index (κ1) is 12.5. The SMILES string of the molecule is Cc1c(Cl)nnc(-c2cccc(Br)c2F)c1C. The van der Waals surface area contributed by atoms with Crippen LogP contribution < -0.4 is 0 Å². The molecular formula is C12H9BrClFN2. The number of nitrogens with zero attached hydrogens (tertiary/aromatic N) is 2. The Hall–Kier alpha value is -1.000. The Labute approximate surface area is 112 Å². The van der Waals surface area contributed by atoms with Crippen molar-refractivity contribution < 1.29 is 4.39 Å². The number of rotatable bonds is 1. The van der Waals surface area contributed by atoms with E-state index in [1.165, 1.54) is 0 Å². The van der Waals surface area contributed by atoms with Gasteiger partial charge in [-0.05, 0) is 53.0 Å². The molecule has 5 heteroatoms. The largest absolute Gasteiger partial charge is 0.205 e. The topological polar surface area (TPSA) is 25.8 Å². The molecule has 1 heterocycles. The molecule has 1 aromatic heterocycles. The summed E-state index contributed by atoms with van der Waals surface area (Å²) in [5, 5.41) is 8.14. The molecule has 0 radical (unpaired) electrons. The molecule has 0 N–H and O–H groups in total. The lowest BCUT2D eigenvalue weighted by atomic mass is 10.0. The second kappa shape index (κ2) is 4.70. The lowest BCUT2D eigenvalue weighted by Gasteiger charge is -2.09. The molecule has 0 fully saturated rings. The second-order valence-electron chi connectivity index (χ2n) is 3.69. The fraction of sp³-hybridized carbons (Fsp3) is 0.167. The average molecular weight is 316 g/mol. The molecule has 2 nitrogen and oxygen atoms in total. The number of benzene rings is 1. The van der Waals surface area contributed by atoms with Crippen molar-refractivity contribution in [2.75, 3.05) is 0 Å². The predicted molar refractivity (Wildman–Crippen MR) is 69.6 cm³/mol. The molecule has 2 rings (SSSR count). The first-order valence-corrected chi connectivity index (χ1v) is 6.13. The quantitative estimate of drug-likeness (QED) is 0.783. The third kappa shape index (κ3) is 2.19. The van der Waals surface area contributed by atoms with Gasteiger partial charge in [0, 0.05) is 5.56 Å². The highest BCUT2D eigenvalue weighted by molar-refractivity contribution is 9.10. The molecule has 0 bridgehead atoms. The fourth-order valence-electron chi connectivity index (χ4n) is 1.52. The molecule has 17 heavy (non-hydrogen) atoms. The number of aromatic nitrogens is 2. The van der Waals surface area contributed by atoms with Crippen LogP contribution in [0.15, 0.2) is 22.7 Å². The highest BCUT2D eigenvalue weighted by Crippen LogP contribution is 2.30. The zero-order valence-corrected chi connectivity index (χ0v) is 11.6. The van der Waals surface area contributed by atoms with Gasteiger partial charge in [-0.2, -0.15) is 0 Å². The lowest BCUT2D eigenvalue weighted by molar-refractivity contribution is 0.623. The zero-order chi connectivity index (χ0) is 12.6. The van der Waals surface area contributed by atoms with E-state index in [-0.39, 0.29) is 5.82 Å². The minimum atomic E-state index is -0.341. The summed E-state index contributed by atoms with van der Waals surface area (Å²) in [6, 6.07) is 5.07. The molecule has 0 unspecified atom stereocenters. The van der Waals surface area contributed by atoms with Crippen molar-refractivity contribution in [2.24, 2.45) is 0 Å². The molecule has 0 aliphatic carbocycles. The molecule has 0 aliphatic heterocycles. The molecule has 0 atom stereocenters. The molecule has 2 aromatic rings. The van der Waals surface area contributed by atoms with Crippen molar-refractivity contribution in [3.63, 3.8) is 0 Å². The van der Waals surface area contributed by atoms with Crippen LogP contribution in [0.25, 0.3) is 11.3 Å². The van der Waals surface area contributed by atoms with E-state index in [9.17, 15) is 4.39 Å². The van der Waals surface area contributed by atoms with Crippen molar-refractivity contribution in [3.8, 4) is 11.3 Å². The second-order valence-corrected chi connectivity index (χ2v) is 4.90. The van der Waals surface area contributed by atoms with Crippen molar-refractivity contribution >= 4 is 27.5 Å².